The molecule has 0 aliphatic rings. The van der Waals surface area contributed by atoms with E-state index in [1.54, 1.807) is 17.6 Å². The average molecular weight is 377 g/mol. The van der Waals surface area contributed by atoms with E-state index in [0.717, 1.165) is 17.8 Å². The number of carbonyl (C=O) groups is 1. The lowest BCUT2D eigenvalue weighted by Crippen LogP contribution is -2.25. The van der Waals surface area contributed by atoms with Crippen LogP contribution >= 0.6 is 11.3 Å². The molecule has 0 radical (unpaired) electrons. The highest BCUT2D eigenvalue weighted by Crippen LogP contribution is 2.23. The summed E-state index contributed by atoms with van der Waals surface area (Å²) in [5.41, 5.74) is 2.60. The molecule has 1 N–H and O–H groups in total. The van der Waals surface area contributed by atoms with Crippen molar-refractivity contribution in [1.82, 2.24) is 14.9 Å². The number of nitrogens with one attached hydrogen (secondary N) is 1. The van der Waals surface area contributed by atoms with E-state index < -0.39 is 0 Å². The monoisotopic (exact) mass is 377 g/mol. The molecule has 0 bridgehead atoms. The summed E-state index contributed by atoms with van der Waals surface area (Å²) in [5.74, 6) is 0.467. The van der Waals surface area contributed by atoms with E-state index in [9.17, 15) is 4.79 Å². The molecule has 4 aromatic rings. The van der Waals surface area contributed by atoms with Crippen LogP contribution in [0.3, 0.4) is 0 Å². The van der Waals surface area contributed by atoms with Gasteiger partial charge in [0.15, 0.2) is 0 Å². The summed E-state index contributed by atoms with van der Waals surface area (Å²) in [4.78, 5) is 18.0. The molecule has 0 aliphatic heterocycles. The molecule has 6 heteroatoms. The van der Waals surface area contributed by atoms with Crippen molar-refractivity contribution >= 4 is 17.2 Å². The molecule has 0 saturated carbocycles. The van der Waals surface area contributed by atoms with Crippen LogP contribution in [0.15, 0.2) is 76.9 Å². The smallest absolute Gasteiger partial charge is 0.268 e. The Morgan fingerprint density at radius 1 is 1.11 bits per heavy atom. The van der Waals surface area contributed by atoms with E-state index in [1.165, 1.54) is 5.56 Å². The van der Waals surface area contributed by atoms with Crippen molar-refractivity contribution in [2.75, 3.05) is 0 Å². The van der Waals surface area contributed by atoms with Crippen molar-refractivity contribution in [1.29, 1.82) is 0 Å². The van der Waals surface area contributed by atoms with Gasteiger partial charge >= 0.3 is 0 Å². The molecule has 4 rings (SSSR count). The van der Waals surface area contributed by atoms with Gasteiger partial charge in [0.25, 0.3) is 5.91 Å². The number of aromatic nitrogens is 2. The van der Waals surface area contributed by atoms with Crippen LogP contribution in [-0.2, 0) is 19.5 Å². The van der Waals surface area contributed by atoms with Gasteiger partial charge in [-0.3, -0.25) is 4.79 Å². The third kappa shape index (κ3) is 4.17. The van der Waals surface area contributed by atoms with E-state index in [0.29, 0.717) is 23.8 Å². The van der Waals surface area contributed by atoms with Gasteiger partial charge < -0.3 is 14.3 Å². The average Bonchev–Trinajstić information content (AvgIpc) is 3.46. The van der Waals surface area contributed by atoms with Crippen molar-refractivity contribution < 1.29 is 9.21 Å². The van der Waals surface area contributed by atoms with E-state index in [-0.39, 0.29) is 5.91 Å². The highest BCUT2D eigenvalue weighted by molar-refractivity contribution is 7.13. The van der Waals surface area contributed by atoms with Crippen LogP contribution in [0, 0.1) is 0 Å². The molecule has 0 saturated heterocycles. The van der Waals surface area contributed by atoms with Gasteiger partial charge in [-0.25, -0.2) is 4.98 Å². The molecule has 0 aliphatic carbocycles. The summed E-state index contributed by atoms with van der Waals surface area (Å²) in [6.45, 7) is 1.09. The summed E-state index contributed by atoms with van der Waals surface area (Å²) in [6, 6.07) is 17.9. The van der Waals surface area contributed by atoms with Crippen molar-refractivity contribution in [2.24, 2.45) is 0 Å². The highest BCUT2D eigenvalue weighted by Gasteiger charge is 2.12. The van der Waals surface area contributed by atoms with Crippen LogP contribution in [-0.4, -0.2) is 15.5 Å². The topological polar surface area (TPSA) is 60.1 Å². The molecule has 27 heavy (non-hydrogen) atoms. The third-order valence-corrected chi connectivity index (χ3v) is 5.12. The Kier molecular flexibility index (Phi) is 5.16. The number of nitrogens with zero attached hydrogens (tertiary/aromatic N) is 2. The normalized spacial score (nSPS) is 10.8. The molecule has 5 nitrogen and oxygen atoms in total. The quantitative estimate of drug-likeness (QED) is 0.520. The van der Waals surface area contributed by atoms with Gasteiger partial charge in [0.05, 0.1) is 17.1 Å². The van der Waals surface area contributed by atoms with E-state index in [1.807, 2.05) is 58.6 Å². The number of amides is 1. The largest absolute Gasteiger partial charge is 0.443 e. The summed E-state index contributed by atoms with van der Waals surface area (Å²) in [5, 5.41) is 4.90. The Bertz CT molecular complexity index is 1000. The van der Waals surface area contributed by atoms with Crippen molar-refractivity contribution in [3.63, 3.8) is 0 Å². The molecule has 0 fully saturated rings. The molecule has 0 unspecified atom stereocenters. The maximum atomic E-state index is 12.6. The maximum Gasteiger partial charge on any atom is 0.268 e. The summed E-state index contributed by atoms with van der Waals surface area (Å²) < 4.78 is 7.46. The predicted molar refractivity (Wildman–Crippen MR) is 106 cm³/mol. The molecule has 0 spiro atoms. The summed E-state index contributed by atoms with van der Waals surface area (Å²) >= 11 is 1.57. The second kappa shape index (κ2) is 8.05. The predicted octanol–water partition coefficient (Wildman–Crippen LogP) is 4.38. The lowest BCUT2D eigenvalue weighted by atomic mass is 10.1. The number of thiophene rings is 1. The first-order valence-electron chi connectivity index (χ1n) is 8.75. The van der Waals surface area contributed by atoms with Crippen LogP contribution in [0.5, 0.6) is 0 Å². The lowest BCUT2D eigenvalue weighted by molar-refractivity contribution is 0.0941. The number of benzene rings is 1. The van der Waals surface area contributed by atoms with Gasteiger partial charge in [-0.2, -0.15) is 0 Å². The van der Waals surface area contributed by atoms with E-state index >= 15 is 0 Å². The van der Waals surface area contributed by atoms with Crippen molar-refractivity contribution in [3.8, 4) is 10.8 Å². The number of aryl methyl sites for hydroxylation is 2. The zero-order valence-corrected chi connectivity index (χ0v) is 15.5. The van der Waals surface area contributed by atoms with E-state index in [2.05, 4.69) is 22.4 Å². The summed E-state index contributed by atoms with van der Waals surface area (Å²) in [6.07, 6.45) is 4.40. The Hall–Kier alpha value is -3.12. The second-order valence-corrected chi connectivity index (χ2v) is 7.07. The number of hydrogen-bond donors (Lipinski definition) is 1. The zero-order valence-electron chi connectivity index (χ0n) is 14.7. The Labute approximate surface area is 161 Å². The molecule has 136 valence electrons. The Balaban J connectivity index is 1.36. The minimum Gasteiger partial charge on any atom is -0.443 e. The molecule has 3 heterocycles. The Morgan fingerprint density at radius 2 is 2.00 bits per heavy atom. The van der Waals surface area contributed by atoms with Crippen LogP contribution in [0.25, 0.3) is 10.8 Å². The molecule has 3 aromatic heterocycles. The van der Waals surface area contributed by atoms with Gasteiger partial charge in [0, 0.05) is 12.7 Å². The third-order valence-electron chi connectivity index (χ3n) is 4.26. The number of oxazole rings is 1. The molecular weight excluding hydrogens is 358 g/mol. The van der Waals surface area contributed by atoms with Crippen LogP contribution in [0.1, 0.15) is 21.7 Å². The minimum absolute atomic E-state index is 0.117. The summed E-state index contributed by atoms with van der Waals surface area (Å²) in [7, 11) is 0. The van der Waals surface area contributed by atoms with Crippen LogP contribution in [0.4, 0.5) is 0 Å². The first-order valence-corrected chi connectivity index (χ1v) is 9.63. The fourth-order valence-electron chi connectivity index (χ4n) is 2.87. The van der Waals surface area contributed by atoms with Crippen LogP contribution in [0.2, 0.25) is 0 Å². The van der Waals surface area contributed by atoms with Gasteiger partial charge in [-0.05, 0) is 35.6 Å². The van der Waals surface area contributed by atoms with Gasteiger partial charge in [-0.1, -0.05) is 36.4 Å². The second-order valence-electron chi connectivity index (χ2n) is 6.13. The number of hydrogen-bond acceptors (Lipinski definition) is 4. The first-order chi connectivity index (χ1) is 13.3. The van der Waals surface area contributed by atoms with Gasteiger partial charge in [0.1, 0.15) is 12.0 Å². The number of rotatable bonds is 7. The fraction of sp³-hybridized carbons (Fsp3) is 0.143. The molecule has 1 amide bonds. The SMILES string of the molecule is O=C(NCc1coc(-c2cccs2)n1)c1cccn1CCc1ccccc1. The highest BCUT2D eigenvalue weighted by atomic mass is 32.1. The minimum atomic E-state index is -0.117. The van der Waals surface area contributed by atoms with Gasteiger partial charge in [0.2, 0.25) is 5.89 Å². The first kappa shape index (κ1) is 17.3. The standard InChI is InChI=1S/C21H19N3O2S/c25-20(22-14-17-15-26-21(23-17)19-9-5-13-27-19)18-8-4-11-24(18)12-10-16-6-2-1-3-7-16/h1-9,11,13,15H,10,12,14H2,(H,22,25). The number of carbonyl (C=O) groups excluding carboxylic acids is 1. The lowest BCUT2D eigenvalue weighted by Gasteiger charge is -2.09. The van der Waals surface area contributed by atoms with Crippen molar-refractivity contribution in [3.05, 3.63) is 89.4 Å². The molecule has 0 atom stereocenters. The molecular formula is C21H19N3O2S. The van der Waals surface area contributed by atoms with Gasteiger partial charge in [-0.15, -0.1) is 11.3 Å². The van der Waals surface area contributed by atoms with Crippen LogP contribution < -0.4 is 5.32 Å². The zero-order chi connectivity index (χ0) is 18.5. The molecule has 1 aromatic carbocycles. The maximum absolute atomic E-state index is 12.6. The Morgan fingerprint density at radius 3 is 2.81 bits per heavy atom. The van der Waals surface area contributed by atoms with E-state index in [4.69, 9.17) is 4.42 Å². The fourth-order valence-corrected chi connectivity index (χ4v) is 3.53. The van der Waals surface area contributed by atoms with Crippen molar-refractivity contribution in [2.45, 2.75) is 19.5 Å².